The normalized spacial score (nSPS) is 21.6. The first kappa shape index (κ1) is 12.7. The average molecular weight is 252 g/mol. The molecule has 1 saturated heterocycles. The lowest BCUT2D eigenvalue weighted by atomic mass is 9.99. The molecular formula is C13H20N2OS. The van der Waals surface area contributed by atoms with E-state index in [1.54, 1.807) is 0 Å². The van der Waals surface area contributed by atoms with Gasteiger partial charge in [-0.25, -0.2) is 0 Å². The zero-order chi connectivity index (χ0) is 12.5. The number of carbonyl (C=O) groups is 1. The molecule has 3 nitrogen and oxygen atoms in total. The van der Waals surface area contributed by atoms with Gasteiger partial charge in [0.25, 0.3) is 0 Å². The number of Topliss-reactive ketones (excluding diaryl/α,β-unsaturated/α-hetero) is 1. The zero-order valence-corrected chi connectivity index (χ0v) is 11.6. The molecule has 2 heterocycles. The number of ketones is 1. The number of likely N-dealkylation sites (N-methyl/N-ethyl adjacent to an activating group) is 1. The molecular weight excluding hydrogens is 232 g/mol. The van der Waals surface area contributed by atoms with Gasteiger partial charge < -0.3 is 0 Å². The van der Waals surface area contributed by atoms with E-state index >= 15 is 0 Å². The monoisotopic (exact) mass is 252 g/mol. The Morgan fingerprint density at radius 2 is 2.24 bits per heavy atom. The molecule has 2 rings (SSSR count). The molecule has 0 saturated carbocycles. The van der Waals surface area contributed by atoms with Crippen molar-refractivity contribution in [2.45, 2.75) is 19.4 Å². The largest absolute Gasteiger partial charge is 0.299 e. The summed E-state index contributed by atoms with van der Waals surface area (Å²) in [5.41, 5.74) is 0.161. The fraction of sp³-hybridized carbons (Fsp3) is 0.615. The Morgan fingerprint density at radius 3 is 2.82 bits per heavy atom. The molecule has 94 valence electrons. The minimum atomic E-state index is 0.161. The molecule has 0 bridgehead atoms. The highest BCUT2D eigenvalue weighted by Crippen LogP contribution is 2.19. The Morgan fingerprint density at radius 1 is 1.47 bits per heavy atom. The Bertz CT molecular complexity index is 386. The number of thiophene rings is 1. The Kier molecular flexibility index (Phi) is 3.66. The minimum Gasteiger partial charge on any atom is -0.299 e. The fourth-order valence-corrected chi connectivity index (χ4v) is 2.85. The van der Waals surface area contributed by atoms with Gasteiger partial charge in [0, 0.05) is 25.2 Å². The number of carbonyl (C=O) groups excluding carboxylic acids is 1. The van der Waals surface area contributed by atoms with Crippen LogP contribution in [-0.4, -0.2) is 54.3 Å². The average Bonchev–Trinajstić information content (AvgIpc) is 2.76. The quantitative estimate of drug-likeness (QED) is 0.768. The van der Waals surface area contributed by atoms with E-state index in [1.165, 1.54) is 11.3 Å². The van der Waals surface area contributed by atoms with Crippen molar-refractivity contribution in [3.05, 3.63) is 22.4 Å². The van der Waals surface area contributed by atoms with Gasteiger partial charge >= 0.3 is 0 Å². The predicted octanol–water partition coefficient (Wildman–Crippen LogP) is 1.96. The molecule has 0 aliphatic carbocycles. The van der Waals surface area contributed by atoms with Crippen LogP contribution in [0, 0.1) is 0 Å². The van der Waals surface area contributed by atoms with Gasteiger partial charge in [0.15, 0.2) is 5.78 Å². The predicted molar refractivity (Wildman–Crippen MR) is 71.8 cm³/mol. The fourth-order valence-electron chi connectivity index (χ4n) is 2.19. The first-order chi connectivity index (χ1) is 7.99. The van der Waals surface area contributed by atoms with Gasteiger partial charge in [-0.1, -0.05) is 6.07 Å². The maximum atomic E-state index is 12.0. The van der Waals surface area contributed by atoms with Crippen molar-refractivity contribution in [3.63, 3.8) is 0 Å². The maximum absolute atomic E-state index is 12.0. The molecule has 1 fully saturated rings. The first-order valence-electron chi connectivity index (χ1n) is 5.99. The van der Waals surface area contributed by atoms with Gasteiger partial charge in [-0.15, -0.1) is 11.3 Å². The lowest BCUT2D eigenvalue weighted by molar-refractivity contribution is 0.0391. The standard InChI is InChI=1S/C13H20N2OS/c1-13(2)10-15(7-6-14(13)3)9-11(16)12-5-4-8-17-12/h4-5,8H,6-7,9-10H2,1-3H3. The molecule has 1 aliphatic rings. The molecule has 17 heavy (non-hydrogen) atoms. The van der Waals surface area contributed by atoms with Gasteiger partial charge in [0.1, 0.15) is 0 Å². The molecule has 0 radical (unpaired) electrons. The summed E-state index contributed by atoms with van der Waals surface area (Å²) in [6.07, 6.45) is 0. The van der Waals surface area contributed by atoms with Crippen LogP contribution in [0.25, 0.3) is 0 Å². The number of hydrogen-bond acceptors (Lipinski definition) is 4. The van der Waals surface area contributed by atoms with Crippen LogP contribution < -0.4 is 0 Å². The first-order valence-corrected chi connectivity index (χ1v) is 6.87. The van der Waals surface area contributed by atoms with Gasteiger partial charge in [0.2, 0.25) is 0 Å². The van der Waals surface area contributed by atoms with Crippen molar-refractivity contribution in [2.24, 2.45) is 0 Å². The van der Waals surface area contributed by atoms with Crippen LogP contribution in [0.3, 0.4) is 0 Å². The lowest BCUT2D eigenvalue weighted by Crippen LogP contribution is -2.58. The number of nitrogens with zero attached hydrogens (tertiary/aromatic N) is 2. The lowest BCUT2D eigenvalue weighted by Gasteiger charge is -2.45. The third-order valence-corrected chi connectivity index (χ3v) is 4.47. The van der Waals surface area contributed by atoms with E-state index in [4.69, 9.17) is 0 Å². The van der Waals surface area contributed by atoms with Crippen LogP contribution >= 0.6 is 11.3 Å². The molecule has 0 N–H and O–H groups in total. The highest BCUT2D eigenvalue weighted by molar-refractivity contribution is 7.12. The van der Waals surface area contributed by atoms with Crippen LogP contribution in [0.15, 0.2) is 17.5 Å². The minimum absolute atomic E-state index is 0.161. The topological polar surface area (TPSA) is 23.6 Å². The molecule has 0 aromatic carbocycles. The summed E-state index contributed by atoms with van der Waals surface area (Å²) < 4.78 is 0. The summed E-state index contributed by atoms with van der Waals surface area (Å²) in [7, 11) is 2.15. The summed E-state index contributed by atoms with van der Waals surface area (Å²) in [6.45, 7) is 7.99. The van der Waals surface area contributed by atoms with Crippen molar-refractivity contribution >= 4 is 17.1 Å². The van der Waals surface area contributed by atoms with Crippen LogP contribution in [0.2, 0.25) is 0 Å². The van der Waals surface area contributed by atoms with Gasteiger partial charge in [0.05, 0.1) is 11.4 Å². The maximum Gasteiger partial charge on any atom is 0.186 e. The summed E-state index contributed by atoms with van der Waals surface area (Å²) in [5.74, 6) is 0.250. The van der Waals surface area contributed by atoms with Crippen molar-refractivity contribution in [1.29, 1.82) is 0 Å². The molecule has 1 aromatic rings. The Hall–Kier alpha value is -0.710. The summed E-state index contributed by atoms with van der Waals surface area (Å²) in [4.78, 5) is 17.5. The van der Waals surface area contributed by atoms with Crippen molar-refractivity contribution in [3.8, 4) is 0 Å². The van der Waals surface area contributed by atoms with E-state index in [2.05, 4.69) is 30.7 Å². The van der Waals surface area contributed by atoms with E-state index in [9.17, 15) is 4.79 Å². The van der Waals surface area contributed by atoms with Crippen LogP contribution in [0.1, 0.15) is 23.5 Å². The number of piperazine rings is 1. The second kappa shape index (κ2) is 4.88. The van der Waals surface area contributed by atoms with Gasteiger partial charge in [-0.05, 0) is 32.3 Å². The molecule has 0 amide bonds. The highest BCUT2D eigenvalue weighted by Gasteiger charge is 2.31. The van der Waals surface area contributed by atoms with Gasteiger partial charge in [-0.2, -0.15) is 0 Å². The molecule has 1 aromatic heterocycles. The molecule has 1 aliphatic heterocycles. The molecule has 0 unspecified atom stereocenters. The summed E-state index contributed by atoms with van der Waals surface area (Å²) >= 11 is 1.53. The SMILES string of the molecule is CN1CCN(CC(=O)c2cccs2)CC1(C)C. The molecule has 0 spiro atoms. The third kappa shape index (κ3) is 2.94. The molecule has 0 atom stereocenters. The van der Waals surface area contributed by atoms with Crippen molar-refractivity contribution in [1.82, 2.24) is 9.80 Å². The van der Waals surface area contributed by atoms with Crippen LogP contribution in [0.4, 0.5) is 0 Å². The number of rotatable bonds is 3. The van der Waals surface area contributed by atoms with Gasteiger partial charge in [-0.3, -0.25) is 14.6 Å². The van der Waals surface area contributed by atoms with E-state index in [0.717, 1.165) is 24.5 Å². The van der Waals surface area contributed by atoms with Crippen LogP contribution in [0.5, 0.6) is 0 Å². The third-order valence-electron chi connectivity index (χ3n) is 3.56. The smallest absolute Gasteiger partial charge is 0.186 e. The summed E-state index contributed by atoms with van der Waals surface area (Å²) in [5, 5.41) is 1.96. The Labute approximate surface area is 107 Å². The molecule has 4 heteroatoms. The zero-order valence-electron chi connectivity index (χ0n) is 10.8. The summed E-state index contributed by atoms with van der Waals surface area (Å²) in [6, 6.07) is 3.85. The van der Waals surface area contributed by atoms with Crippen molar-refractivity contribution in [2.75, 3.05) is 33.2 Å². The van der Waals surface area contributed by atoms with Crippen molar-refractivity contribution < 1.29 is 4.79 Å². The van der Waals surface area contributed by atoms with E-state index in [-0.39, 0.29) is 11.3 Å². The second-order valence-corrected chi connectivity index (χ2v) is 6.29. The van der Waals surface area contributed by atoms with E-state index in [1.807, 2.05) is 17.5 Å². The van der Waals surface area contributed by atoms with Crippen LogP contribution in [-0.2, 0) is 0 Å². The van der Waals surface area contributed by atoms with E-state index < -0.39 is 0 Å². The highest BCUT2D eigenvalue weighted by atomic mass is 32.1. The second-order valence-electron chi connectivity index (χ2n) is 5.35. The van der Waals surface area contributed by atoms with E-state index in [0.29, 0.717) is 6.54 Å². The Balaban J connectivity index is 1.95. The number of hydrogen-bond donors (Lipinski definition) is 0.